The summed E-state index contributed by atoms with van der Waals surface area (Å²) in [6.45, 7) is 12.3. The third-order valence-electron chi connectivity index (χ3n) is 3.15. The summed E-state index contributed by atoms with van der Waals surface area (Å²) >= 11 is 0. The van der Waals surface area contributed by atoms with Crippen LogP contribution in [-0.2, 0) is 4.43 Å². The van der Waals surface area contributed by atoms with E-state index >= 15 is 0 Å². The first-order valence-corrected chi connectivity index (χ1v) is 7.52. The maximum Gasteiger partial charge on any atom is 0.338 e. The minimum Gasteiger partial charge on any atom is -0.410 e. The minimum absolute atomic E-state index is 0.0591. The van der Waals surface area contributed by atoms with E-state index in [4.69, 9.17) is 4.43 Å². The smallest absolute Gasteiger partial charge is 0.338 e. The monoisotopic (exact) mass is 204 g/mol. The second-order valence-corrected chi connectivity index (χ2v) is 8.11. The molecule has 0 radical (unpaired) electrons. The molecule has 3 heteroatoms. The normalized spacial score (nSPS) is 19.6. The molecule has 0 heterocycles. The van der Waals surface area contributed by atoms with E-state index in [1.54, 1.807) is 0 Å². The highest BCUT2D eigenvalue weighted by atomic mass is 28.4. The molecule has 0 aliphatic carbocycles. The molecular weight excluding hydrogens is 180 g/mol. The molecular formula is C10H24O2Si. The minimum atomic E-state index is -2.51. The Morgan fingerprint density at radius 3 is 2.15 bits per heavy atom. The van der Waals surface area contributed by atoms with Crippen molar-refractivity contribution in [2.45, 2.75) is 65.1 Å². The highest BCUT2D eigenvalue weighted by Gasteiger charge is 2.44. The Hall–Kier alpha value is 0.137. The summed E-state index contributed by atoms with van der Waals surface area (Å²) in [5.41, 5.74) is 0. The number of hydrogen-bond acceptors (Lipinski definition) is 2. The SMILES string of the molecule is CCC(C)O[Si](C)(O)C(C)(C)CC. The van der Waals surface area contributed by atoms with Gasteiger partial charge in [-0.05, 0) is 26.3 Å². The Bertz CT molecular complexity index is 155. The zero-order valence-electron chi connectivity index (χ0n) is 9.85. The second-order valence-electron chi connectivity index (χ2n) is 4.56. The summed E-state index contributed by atoms with van der Waals surface area (Å²) in [7, 11) is -2.51. The van der Waals surface area contributed by atoms with Gasteiger partial charge in [0.2, 0.25) is 0 Å². The van der Waals surface area contributed by atoms with Crippen LogP contribution in [0.5, 0.6) is 0 Å². The van der Waals surface area contributed by atoms with Gasteiger partial charge in [0.25, 0.3) is 0 Å². The van der Waals surface area contributed by atoms with E-state index in [9.17, 15) is 4.80 Å². The predicted molar refractivity (Wildman–Crippen MR) is 59.0 cm³/mol. The highest BCUT2D eigenvalue weighted by molar-refractivity contribution is 6.67. The van der Waals surface area contributed by atoms with Crippen molar-refractivity contribution in [2.75, 3.05) is 0 Å². The third-order valence-corrected chi connectivity index (χ3v) is 6.87. The van der Waals surface area contributed by atoms with Crippen LogP contribution < -0.4 is 0 Å². The molecule has 0 rings (SSSR count). The zero-order valence-corrected chi connectivity index (χ0v) is 10.8. The van der Waals surface area contributed by atoms with Crippen LogP contribution in [0.2, 0.25) is 11.6 Å². The molecule has 13 heavy (non-hydrogen) atoms. The van der Waals surface area contributed by atoms with Gasteiger partial charge in [-0.3, -0.25) is 0 Å². The molecule has 0 bridgehead atoms. The van der Waals surface area contributed by atoms with Crippen molar-refractivity contribution in [3.05, 3.63) is 0 Å². The van der Waals surface area contributed by atoms with E-state index in [0.29, 0.717) is 0 Å². The topological polar surface area (TPSA) is 29.5 Å². The Labute approximate surface area is 83.6 Å². The van der Waals surface area contributed by atoms with Gasteiger partial charge in [0, 0.05) is 11.1 Å². The molecule has 0 aromatic carbocycles. The summed E-state index contributed by atoms with van der Waals surface area (Å²) in [6, 6.07) is 0. The average molecular weight is 204 g/mol. The lowest BCUT2D eigenvalue weighted by molar-refractivity contribution is 0.140. The van der Waals surface area contributed by atoms with Crippen molar-refractivity contribution in [2.24, 2.45) is 0 Å². The molecule has 2 atom stereocenters. The van der Waals surface area contributed by atoms with Gasteiger partial charge in [0.15, 0.2) is 0 Å². The first-order chi connectivity index (χ1) is 5.77. The van der Waals surface area contributed by atoms with Crippen LogP contribution in [-0.4, -0.2) is 19.5 Å². The Morgan fingerprint density at radius 2 is 1.85 bits per heavy atom. The molecule has 2 nitrogen and oxygen atoms in total. The summed E-state index contributed by atoms with van der Waals surface area (Å²) in [5.74, 6) is 0. The Balaban J connectivity index is 4.38. The zero-order chi connectivity index (χ0) is 10.7. The van der Waals surface area contributed by atoms with Crippen molar-refractivity contribution < 1.29 is 9.22 Å². The van der Waals surface area contributed by atoms with Gasteiger partial charge in [-0.25, -0.2) is 0 Å². The Morgan fingerprint density at radius 1 is 1.38 bits per heavy atom. The van der Waals surface area contributed by atoms with E-state index in [1.165, 1.54) is 0 Å². The summed E-state index contributed by atoms with van der Waals surface area (Å²) in [5, 5.41) is -0.0591. The molecule has 0 aromatic rings. The first-order valence-electron chi connectivity index (χ1n) is 5.17. The summed E-state index contributed by atoms with van der Waals surface area (Å²) in [4.78, 5) is 10.3. The van der Waals surface area contributed by atoms with Crippen LogP contribution in [0.4, 0.5) is 0 Å². The molecule has 80 valence electrons. The molecule has 0 aliphatic heterocycles. The Kier molecular flexibility index (Phi) is 4.62. The van der Waals surface area contributed by atoms with Crippen molar-refractivity contribution in [1.82, 2.24) is 0 Å². The van der Waals surface area contributed by atoms with Gasteiger partial charge in [0.1, 0.15) is 0 Å². The van der Waals surface area contributed by atoms with Gasteiger partial charge in [-0.2, -0.15) is 0 Å². The quantitative estimate of drug-likeness (QED) is 0.697. The molecule has 0 saturated carbocycles. The van der Waals surface area contributed by atoms with E-state index in [-0.39, 0.29) is 11.1 Å². The fourth-order valence-corrected chi connectivity index (χ4v) is 2.89. The maximum atomic E-state index is 10.3. The molecule has 0 amide bonds. The van der Waals surface area contributed by atoms with Gasteiger partial charge in [-0.1, -0.05) is 27.7 Å². The van der Waals surface area contributed by atoms with Crippen LogP contribution in [0.1, 0.15) is 47.5 Å². The van der Waals surface area contributed by atoms with E-state index in [2.05, 4.69) is 27.7 Å². The number of hydrogen-bond donors (Lipinski definition) is 1. The maximum absolute atomic E-state index is 10.3. The van der Waals surface area contributed by atoms with Gasteiger partial charge < -0.3 is 9.22 Å². The van der Waals surface area contributed by atoms with Crippen molar-refractivity contribution in [3.8, 4) is 0 Å². The molecule has 0 saturated heterocycles. The van der Waals surface area contributed by atoms with Crippen LogP contribution >= 0.6 is 0 Å². The van der Waals surface area contributed by atoms with Gasteiger partial charge in [0.05, 0.1) is 0 Å². The molecule has 1 N–H and O–H groups in total. The van der Waals surface area contributed by atoms with E-state index in [0.717, 1.165) is 12.8 Å². The first kappa shape index (κ1) is 13.1. The van der Waals surface area contributed by atoms with Crippen LogP contribution in [0.25, 0.3) is 0 Å². The van der Waals surface area contributed by atoms with Gasteiger partial charge >= 0.3 is 8.56 Å². The molecule has 0 aromatic heterocycles. The second kappa shape index (κ2) is 4.58. The molecule has 0 fully saturated rings. The van der Waals surface area contributed by atoms with Gasteiger partial charge in [-0.15, -0.1) is 0 Å². The average Bonchev–Trinajstić information content (AvgIpc) is 2.03. The van der Waals surface area contributed by atoms with Crippen molar-refractivity contribution in [1.29, 1.82) is 0 Å². The van der Waals surface area contributed by atoms with Crippen molar-refractivity contribution in [3.63, 3.8) is 0 Å². The summed E-state index contributed by atoms with van der Waals surface area (Å²) < 4.78 is 5.74. The lowest BCUT2D eigenvalue weighted by atomic mass is 10.1. The predicted octanol–water partition coefficient (Wildman–Crippen LogP) is 3.06. The van der Waals surface area contributed by atoms with E-state index < -0.39 is 8.56 Å². The fraction of sp³-hybridized carbons (Fsp3) is 1.00. The van der Waals surface area contributed by atoms with Crippen LogP contribution in [0.3, 0.4) is 0 Å². The fourth-order valence-electron chi connectivity index (χ4n) is 0.963. The molecule has 0 spiro atoms. The van der Waals surface area contributed by atoms with Crippen molar-refractivity contribution >= 4 is 8.56 Å². The van der Waals surface area contributed by atoms with E-state index in [1.807, 2.05) is 13.5 Å². The van der Waals surface area contributed by atoms with Crippen LogP contribution in [0.15, 0.2) is 0 Å². The molecule has 2 unspecified atom stereocenters. The largest absolute Gasteiger partial charge is 0.410 e. The summed E-state index contributed by atoms with van der Waals surface area (Å²) in [6.07, 6.45) is 2.10. The lowest BCUT2D eigenvalue weighted by Crippen LogP contribution is -2.47. The number of rotatable bonds is 5. The highest BCUT2D eigenvalue weighted by Crippen LogP contribution is 2.39. The third kappa shape index (κ3) is 3.41. The standard InChI is InChI=1S/C10H24O2Si/c1-7-9(3)12-13(6,11)10(4,5)8-2/h9,11H,7-8H2,1-6H3. The lowest BCUT2D eigenvalue weighted by Gasteiger charge is -2.37. The van der Waals surface area contributed by atoms with Crippen LogP contribution in [0, 0.1) is 0 Å². The molecule has 0 aliphatic rings.